The van der Waals surface area contributed by atoms with Crippen molar-refractivity contribution in [1.82, 2.24) is 83.3 Å². The van der Waals surface area contributed by atoms with Crippen LogP contribution in [0, 0.1) is 5.92 Å². The molecule has 12 atom stereocenters. The molecule has 37 nitrogen and oxygen atoms in total. The summed E-state index contributed by atoms with van der Waals surface area (Å²) in [4.78, 5) is 210. The number of hydrogen-bond acceptors (Lipinski definition) is 21. The summed E-state index contributed by atoms with van der Waals surface area (Å²) >= 11 is 1.34. The number of benzene rings is 4. The van der Waals surface area contributed by atoms with Crippen LogP contribution in [0.1, 0.15) is 99.6 Å². The highest BCUT2D eigenvalue weighted by Crippen LogP contribution is 2.24. The third-order valence-corrected chi connectivity index (χ3v) is 20.7. The first-order chi connectivity index (χ1) is 57.1. The fraction of sp³-hybridized carbons (Fsp3) is 0.444. The third-order valence-electron chi connectivity index (χ3n) is 20.0. The van der Waals surface area contributed by atoms with Gasteiger partial charge in [0.05, 0.1) is 32.1 Å². The summed E-state index contributed by atoms with van der Waals surface area (Å²) in [5.41, 5.74) is 16.6. The molecular weight excluding hydrogens is 1560 g/mol. The Morgan fingerprint density at radius 1 is 0.529 bits per heavy atom. The largest absolute Gasteiger partial charge is 0.508 e. The molecule has 8 rings (SSSR count). The van der Waals surface area contributed by atoms with Crippen LogP contribution in [0.3, 0.4) is 0 Å². The Morgan fingerprint density at radius 3 is 1.61 bits per heavy atom. The number of phenolic OH excluding ortho intramolecular Hbond substituents is 1. The van der Waals surface area contributed by atoms with E-state index in [9.17, 15) is 92.7 Å². The van der Waals surface area contributed by atoms with Crippen molar-refractivity contribution < 1.29 is 92.7 Å². The number of aliphatic hydroxyl groups excluding tert-OH is 2. The van der Waals surface area contributed by atoms with Gasteiger partial charge in [-0.15, -0.1) is 0 Å². The van der Waals surface area contributed by atoms with E-state index in [4.69, 9.17) is 11.5 Å². The van der Waals surface area contributed by atoms with Crippen molar-refractivity contribution in [2.45, 2.75) is 176 Å². The van der Waals surface area contributed by atoms with E-state index in [2.05, 4.69) is 78.4 Å². The van der Waals surface area contributed by atoms with Crippen LogP contribution in [0.25, 0.3) is 21.8 Å². The molecule has 38 heteroatoms. The molecule has 1 unspecified atom stereocenters. The number of imidazole rings is 1. The zero-order valence-corrected chi connectivity index (χ0v) is 67.0. The van der Waals surface area contributed by atoms with Crippen LogP contribution in [-0.2, 0) is 99.2 Å². The highest BCUT2D eigenvalue weighted by Gasteiger charge is 2.41. The predicted octanol–water partition coefficient (Wildman–Crippen LogP) is -1.26. The summed E-state index contributed by atoms with van der Waals surface area (Å²) in [6.07, 6.45) is 7.05. The summed E-state index contributed by atoms with van der Waals surface area (Å²) in [6.45, 7) is 0.610. The highest BCUT2D eigenvalue weighted by atomic mass is 32.2. The molecule has 4 aromatic carbocycles. The van der Waals surface area contributed by atoms with Gasteiger partial charge in [0.25, 0.3) is 0 Å². The number of carboxylic acids is 2. The summed E-state index contributed by atoms with van der Waals surface area (Å²) in [6, 6.07) is 10.9. The van der Waals surface area contributed by atoms with E-state index in [-0.39, 0.29) is 95.4 Å². The van der Waals surface area contributed by atoms with Crippen molar-refractivity contribution >= 4 is 116 Å². The van der Waals surface area contributed by atoms with Crippen LogP contribution in [-0.4, -0.2) is 251 Å². The number of unbranched alkanes of at least 4 members (excludes halogenated alkanes) is 1. The molecule has 1 fully saturated rings. The van der Waals surface area contributed by atoms with Gasteiger partial charge in [-0.3, -0.25) is 62.3 Å². The first kappa shape index (κ1) is 92.3. The number of fused-ring (bicyclic) bond motifs is 2. The lowest BCUT2D eigenvalue weighted by Gasteiger charge is -2.30. The molecule has 1 aliphatic heterocycles. The number of carbonyl (C=O) groups excluding carboxylic acids is 12. The van der Waals surface area contributed by atoms with Crippen LogP contribution in [0.4, 0.5) is 0 Å². The van der Waals surface area contributed by atoms with Gasteiger partial charge in [0.1, 0.15) is 72.2 Å². The van der Waals surface area contributed by atoms with Crippen molar-refractivity contribution in [3.63, 3.8) is 0 Å². The molecular formula is C81H106N18O19S. The van der Waals surface area contributed by atoms with E-state index >= 15 is 0 Å². The van der Waals surface area contributed by atoms with Gasteiger partial charge in [0.15, 0.2) is 0 Å². The van der Waals surface area contributed by atoms with E-state index in [1.165, 1.54) is 48.6 Å². The Balaban J connectivity index is 0.913. The zero-order valence-electron chi connectivity index (χ0n) is 66.2. The lowest BCUT2D eigenvalue weighted by Crippen LogP contribution is -2.61. The summed E-state index contributed by atoms with van der Waals surface area (Å²) in [5, 5.41) is 80.6. The number of nitrogens with one attached hydrogen (secondary N) is 14. The maximum Gasteiger partial charge on any atom is 0.326 e. The number of aliphatic carboxylic acids is 2. The summed E-state index contributed by atoms with van der Waals surface area (Å²) in [5.74, 6) is -13.8. The molecule has 1 saturated heterocycles. The highest BCUT2D eigenvalue weighted by molar-refractivity contribution is 7.98. The molecule has 0 spiro atoms. The number of thioether (sulfide) groups is 1. The number of nitrogens with zero attached hydrogens (tertiary/aromatic N) is 2. The van der Waals surface area contributed by atoms with E-state index in [1.54, 1.807) is 75.0 Å². The maximum absolute atomic E-state index is 14.9. The predicted molar refractivity (Wildman–Crippen MR) is 437 cm³/mol. The second kappa shape index (κ2) is 46.0. The number of carboxylic acid groups (broad SMARTS) is 2. The Labute approximate surface area is 689 Å². The van der Waals surface area contributed by atoms with Crippen molar-refractivity contribution in [2.24, 2.45) is 17.4 Å². The molecule has 12 amide bonds. The average molecular weight is 1670 g/mol. The number of hydrogen-bond donors (Lipinski definition) is 21. The second-order valence-electron chi connectivity index (χ2n) is 29.5. The smallest absolute Gasteiger partial charge is 0.326 e. The molecule has 0 saturated carbocycles. The van der Waals surface area contributed by atoms with Gasteiger partial charge < -0.3 is 115 Å². The van der Waals surface area contributed by atoms with Gasteiger partial charge in [0, 0.05) is 84.7 Å². The van der Waals surface area contributed by atoms with Crippen LogP contribution in [0.2, 0.25) is 0 Å². The normalized spacial score (nSPS) is 15.4. The van der Waals surface area contributed by atoms with Gasteiger partial charge in [-0.25, -0.2) is 9.78 Å². The number of rotatable bonds is 48. The van der Waals surface area contributed by atoms with Gasteiger partial charge in [-0.2, -0.15) is 11.8 Å². The average Bonchev–Trinajstić information content (AvgIpc) is 1.76. The Morgan fingerprint density at radius 2 is 1.03 bits per heavy atom. The Kier molecular flexibility index (Phi) is 35.7. The first-order valence-electron chi connectivity index (χ1n) is 39.2. The Bertz CT molecular complexity index is 4620. The van der Waals surface area contributed by atoms with Crippen LogP contribution in [0.5, 0.6) is 5.75 Å². The van der Waals surface area contributed by atoms with Crippen molar-refractivity contribution in [2.75, 3.05) is 44.9 Å². The fourth-order valence-corrected chi connectivity index (χ4v) is 14.2. The summed E-state index contributed by atoms with van der Waals surface area (Å²) < 4.78 is 0. The standard InChI is InChI=1S/C81H106N18O19S/c1-45(2)32-60(93-75(111)62(36-49-39-86-56-19-10-8-17-53(49)56)95-76(112)63(37-50-40-84-44-88-50)92-70(106)54(83)35-48-38-85-55-18-9-7-16-52(48)55)73(109)97-66(43-101)78(114)94-61(33-46-14-5-4-6-15-46)74(110)98-65(42-100)77(113)90-57(20-11-12-29-82)71(107)87-41-68(103)89-59(26-27-69(104)105)80(116)99-30-13-21-67(99)79(115)91-58(28-31-119-3)72(108)96-64(81(117)118)34-47-22-24-51(102)25-23-47/h4-10,14-19,22-25,38-40,44-45,54,57-67,85-86,100-102H,11-13,20-21,26-37,41-43,82-83H2,1-3H3,(H,84,88)(H,87,107)(H,89,103)(H,90,113)(H,91,115)(H,92,106)(H,93,111)(H,94,114)(H,95,112)(H,96,108)(H,97,109)(H,98,110)(H,104,105)(H,117,118)/t54-,57-,58-,59-,60-,61-,62-,63-,64-,65-,66?,67-/m0/s1. The monoisotopic (exact) mass is 1670 g/mol. The minimum Gasteiger partial charge on any atom is -0.508 e. The molecule has 0 aliphatic carbocycles. The number of amides is 12. The second-order valence-corrected chi connectivity index (χ2v) is 30.5. The molecule has 4 heterocycles. The SMILES string of the molecule is CSCC[C@H](NC(=O)[C@@H]1CCCN1C(=O)[C@H](CCC(=O)O)NC(=O)CNC(=O)[C@H](CCCCN)NC(=O)[C@H](CO)NC(=O)[C@H](Cc1ccccc1)NC(=O)C(CO)NC(=O)[C@H](CC(C)C)NC(=O)[C@H](Cc1c[nH]c2ccccc12)NC(=O)[C@H](Cc1cnc[nH]1)NC(=O)[C@@H](N)Cc1c[nH]c2ccccc12)C(=O)N[C@@H](Cc1ccc(O)cc1)C(=O)O. The zero-order chi connectivity index (χ0) is 86.2. The lowest BCUT2D eigenvalue weighted by atomic mass is 10.00. The number of para-hydroxylation sites is 2. The van der Waals surface area contributed by atoms with E-state index in [1.807, 2.05) is 36.4 Å². The molecule has 640 valence electrons. The number of aromatic nitrogens is 4. The molecule has 3 aromatic heterocycles. The minimum atomic E-state index is -1.84. The van der Waals surface area contributed by atoms with E-state index < -0.39 is 188 Å². The minimum absolute atomic E-state index is 0.0331. The molecule has 0 bridgehead atoms. The maximum atomic E-state index is 14.9. The molecule has 119 heavy (non-hydrogen) atoms. The van der Waals surface area contributed by atoms with Gasteiger partial charge >= 0.3 is 11.9 Å². The number of nitrogens with two attached hydrogens (primary N) is 2. The van der Waals surface area contributed by atoms with Crippen LogP contribution < -0.4 is 70.0 Å². The Hall–Kier alpha value is -12.3. The number of carbonyl (C=O) groups is 14. The van der Waals surface area contributed by atoms with Gasteiger partial charge in [0.2, 0.25) is 70.9 Å². The number of aromatic amines is 3. The molecule has 7 aromatic rings. The quantitative estimate of drug-likeness (QED) is 0.0198. The van der Waals surface area contributed by atoms with Gasteiger partial charge in [-0.05, 0) is 129 Å². The van der Waals surface area contributed by atoms with E-state index in [0.717, 1.165) is 21.4 Å². The number of aromatic hydroxyl groups is 1. The fourth-order valence-electron chi connectivity index (χ4n) is 13.7. The van der Waals surface area contributed by atoms with Crippen molar-refractivity contribution in [3.8, 4) is 5.75 Å². The lowest BCUT2D eigenvalue weighted by molar-refractivity contribution is -0.144. The number of phenols is 1. The number of aliphatic hydroxyl groups is 2. The third kappa shape index (κ3) is 28.0. The topological polar surface area (TPSA) is 588 Å². The molecule has 23 N–H and O–H groups in total. The van der Waals surface area contributed by atoms with Gasteiger partial charge in [-0.1, -0.05) is 92.7 Å². The molecule has 0 radical (unpaired) electrons. The van der Waals surface area contributed by atoms with Crippen LogP contribution in [0.15, 0.2) is 128 Å². The number of likely N-dealkylation sites (tertiary alicyclic amines) is 1. The van der Waals surface area contributed by atoms with E-state index in [0.29, 0.717) is 45.5 Å². The molecule has 1 aliphatic rings. The first-order valence-corrected chi connectivity index (χ1v) is 40.6. The van der Waals surface area contributed by atoms with Crippen LogP contribution >= 0.6 is 11.8 Å². The van der Waals surface area contributed by atoms with Crippen molar-refractivity contribution in [3.05, 3.63) is 156 Å². The van der Waals surface area contributed by atoms with Crippen molar-refractivity contribution in [1.29, 1.82) is 0 Å². The number of H-pyrrole nitrogens is 3. The summed E-state index contributed by atoms with van der Waals surface area (Å²) in [7, 11) is 0.